The molecule has 0 heterocycles. The molecule has 0 radical (unpaired) electrons. The number of guanidine groups is 1. The minimum absolute atomic E-state index is 0.0491. The zero-order valence-electron chi connectivity index (χ0n) is 14.7. The summed E-state index contributed by atoms with van der Waals surface area (Å²) in [5.41, 5.74) is 11.2. The van der Waals surface area contributed by atoms with Crippen LogP contribution in [0.4, 0.5) is 0 Å². The summed E-state index contributed by atoms with van der Waals surface area (Å²) < 4.78 is 30.2. The lowest BCUT2D eigenvalue weighted by atomic mass is 10.1. The van der Waals surface area contributed by atoms with Crippen LogP contribution >= 0.6 is 0 Å². The summed E-state index contributed by atoms with van der Waals surface area (Å²) >= 11 is 0. The predicted molar refractivity (Wildman–Crippen MR) is 99.6 cm³/mol. The topological polar surface area (TPSA) is 157 Å². The second kappa shape index (κ2) is 10.6. The van der Waals surface area contributed by atoms with Crippen LogP contribution in [-0.4, -0.2) is 50.9 Å². The highest BCUT2D eigenvalue weighted by molar-refractivity contribution is 7.88. The Bertz CT molecular complexity index is 700. The molecule has 1 atom stereocenters. The molecule has 146 valence electrons. The van der Waals surface area contributed by atoms with E-state index >= 15 is 0 Å². The Morgan fingerprint density at radius 2 is 1.88 bits per heavy atom. The van der Waals surface area contributed by atoms with Gasteiger partial charge in [-0.1, -0.05) is 12.1 Å². The maximum atomic E-state index is 11.2. The number of benzene rings is 1. The van der Waals surface area contributed by atoms with Crippen LogP contribution in [0, 0.1) is 0 Å². The van der Waals surface area contributed by atoms with Gasteiger partial charge in [-0.15, -0.1) is 0 Å². The number of sulfonamides is 1. The molecular weight excluding hydrogens is 360 g/mol. The summed E-state index contributed by atoms with van der Waals surface area (Å²) in [5.74, 6) is -0.462. The average molecular weight is 386 g/mol. The van der Waals surface area contributed by atoms with Gasteiger partial charge in [0.15, 0.2) is 5.96 Å². The maximum Gasteiger partial charge on any atom is 0.322 e. The molecule has 0 aromatic heterocycles. The molecule has 0 fully saturated rings. The lowest BCUT2D eigenvalue weighted by Gasteiger charge is -2.13. The van der Waals surface area contributed by atoms with Crippen molar-refractivity contribution in [3.8, 4) is 5.75 Å². The summed E-state index contributed by atoms with van der Waals surface area (Å²) in [7, 11) is -3.60. The SMILES string of the molecule is CS(=O)(=O)N[C@@H](Cc1ccc(OCCCCCN=C(N)N)cc1)C(=O)O. The van der Waals surface area contributed by atoms with Gasteiger partial charge in [0.1, 0.15) is 11.8 Å². The molecule has 10 heteroatoms. The second-order valence-corrected chi connectivity index (χ2v) is 7.62. The first-order valence-corrected chi connectivity index (χ1v) is 10.0. The summed E-state index contributed by atoms with van der Waals surface area (Å²) in [5, 5.41) is 9.11. The number of hydrogen-bond donors (Lipinski definition) is 4. The number of rotatable bonds is 12. The molecule has 1 aromatic rings. The molecule has 1 aromatic carbocycles. The zero-order valence-corrected chi connectivity index (χ0v) is 15.5. The molecule has 0 amide bonds. The first-order chi connectivity index (χ1) is 12.2. The molecule has 0 aliphatic rings. The second-order valence-electron chi connectivity index (χ2n) is 5.84. The molecule has 0 unspecified atom stereocenters. The van der Waals surface area contributed by atoms with E-state index in [1.165, 1.54) is 0 Å². The number of nitrogens with one attached hydrogen (secondary N) is 1. The van der Waals surface area contributed by atoms with Crippen LogP contribution in [0.2, 0.25) is 0 Å². The van der Waals surface area contributed by atoms with E-state index in [-0.39, 0.29) is 12.4 Å². The van der Waals surface area contributed by atoms with Gasteiger partial charge in [0.2, 0.25) is 10.0 Å². The van der Waals surface area contributed by atoms with E-state index in [4.69, 9.17) is 21.3 Å². The largest absolute Gasteiger partial charge is 0.494 e. The Morgan fingerprint density at radius 3 is 2.42 bits per heavy atom. The van der Waals surface area contributed by atoms with Gasteiger partial charge >= 0.3 is 5.97 Å². The molecule has 0 saturated carbocycles. The number of ether oxygens (including phenoxy) is 1. The lowest BCUT2D eigenvalue weighted by Crippen LogP contribution is -2.41. The van der Waals surface area contributed by atoms with Gasteiger partial charge in [-0.3, -0.25) is 9.79 Å². The van der Waals surface area contributed by atoms with Gasteiger partial charge in [0.25, 0.3) is 0 Å². The fourth-order valence-corrected chi connectivity index (χ4v) is 2.89. The van der Waals surface area contributed by atoms with Crippen LogP contribution < -0.4 is 20.9 Å². The normalized spacial score (nSPS) is 12.3. The van der Waals surface area contributed by atoms with Crippen LogP contribution in [-0.2, 0) is 21.2 Å². The Kier molecular flexibility index (Phi) is 8.86. The number of nitrogens with two attached hydrogens (primary N) is 2. The van der Waals surface area contributed by atoms with E-state index in [0.717, 1.165) is 25.5 Å². The van der Waals surface area contributed by atoms with Crippen LogP contribution in [0.1, 0.15) is 24.8 Å². The number of carboxylic acid groups (broad SMARTS) is 1. The number of aliphatic carboxylic acids is 1. The van der Waals surface area contributed by atoms with Gasteiger partial charge in [0.05, 0.1) is 12.9 Å². The molecule has 0 saturated heterocycles. The molecule has 0 aliphatic carbocycles. The third-order valence-electron chi connectivity index (χ3n) is 3.38. The fraction of sp³-hybridized carbons (Fsp3) is 0.500. The molecule has 0 bridgehead atoms. The van der Waals surface area contributed by atoms with Crippen molar-refractivity contribution < 1.29 is 23.1 Å². The molecule has 26 heavy (non-hydrogen) atoms. The van der Waals surface area contributed by atoms with Crippen molar-refractivity contribution in [1.82, 2.24) is 4.72 Å². The van der Waals surface area contributed by atoms with E-state index in [0.29, 0.717) is 24.5 Å². The van der Waals surface area contributed by atoms with E-state index in [2.05, 4.69) is 9.71 Å². The maximum absolute atomic E-state index is 11.2. The highest BCUT2D eigenvalue weighted by Gasteiger charge is 2.21. The quantitative estimate of drug-likeness (QED) is 0.224. The first-order valence-electron chi connectivity index (χ1n) is 8.14. The minimum atomic E-state index is -3.60. The molecule has 9 nitrogen and oxygen atoms in total. The van der Waals surface area contributed by atoms with Gasteiger partial charge in [-0.05, 0) is 43.4 Å². The van der Waals surface area contributed by atoms with E-state index in [1.807, 2.05) is 0 Å². The number of unbranched alkanes of at least 4 members (excludes halogenated alkanes) is 2. The summed E-state index contributed by atoms with van der Waals surface area (Å²) in [6.45, 7) is 1.15. The van der Waals surface area contributed by atoms with Gasteiger partial charge in [-0.2, -0.15) is 0 Å². The van der Waals surface area contributed by atoms with E-state index in [1.54, 1.807) is 24.3 Å². The van der Waals surface area contributed by atoms with Crippen LogP contribution in [0.5, 0.6) is 5.75 Å². The fourth-order valence-electron chi connectivity index (χ4n) is 2.18. The molecule has 6 N–H and O–H groups in total. The van der Waals surface area contributed by atoms with E-state index in [9.17, 15) is 13.2 Å². The summed E-state index contributed by atoms with van der Waals surface area (Å²) in [6.07, 6.45) is 3.65. The van der Waals surface area contributed by atoms with Crippen molar-refractivity contribution in [2.24, 2.45) is 16.5 Å². The average Bonchev–Trinajstić information content (AvgIpc) is 2.53. The smallest absolute Gasteiger partial charge is 0.322 e. The Balaban J connectivity index is 2.40. The van der Waals surface area contributed by atoms with Gasteiger partial charge < -0.3 is 21.3 Å². The van der Waals surface area contributed by atoms with Crippen LogP contribution in [0.3, 0.4) is 0 Å². The number of carbonyl (C=O) groups is 1. The van der Waals surface area contributed by atoms with Crippen molar-refractivity contribution in [2.45, 2.75) is 31.7 Å². The molecule has 1 rings (SSSR count). The number of nitrogens with zero attached hydrogens (tertiary/aromatic N) is 1. The third kappa shape index (κ3) is 9.84. The van der Waals surface area contributed by atoms with Crippen LogP contribution in [0.15, 0.2) is 29.3 Å². The summed E-state index contributed by atoms with van der Waals surface area (Å²) in [6, 6.07) is 5.69. The van der Waals surface area contributed by atoms with Crippen molar-refractivity contribution in [2.75, 3.05) is 19.4 Å². The van der Waals surface area contributed by atoms with Crippen molar-refractivity contribution in [3.63, 3.8) is 0 Å². The lowest BCUT2D eigenvalue weighted by molar-refractivity contribution is -0.138. The standard InChI is InChI=1S/C16H26N4O5S/c1-26(23,24)20-14(15(21)22)11-12-5-7-13(8-6-12)25-10-4-2-3-9-19-16(17)18/h5-8,14,20H,2-4,9-11H2,1H3,(H,21,22)(H4,17,18,19)/t14-/m0/s1. The van der Waals surface area contributed by atoms with Gasteiger partial charge in [0, 0.05) is 6.54 Å². The molecule has 0 aliphatic heterocycles. The minimum Gasteiger partial charge on any atom is -0.494 e. The Hall–Kier alpha value is -2.33. The van der Waals surface area contributed by atoms with Gasteiger partial charge in [-0.25, -0.2) is 13.1 Å². The van der Waals surface area contributed by atoms with Crippen molar-refractivity contribution in [3.05, 3.63) is 29.8 Å². The number of hydrogen-bond acceptors (Lipinski definition) is 5. The molecule has 0 spiro atoms. The summed E-state index contributed by atoms with van der Waals surface area (Å²) in [4.78, 5) is 15.1. The first kappa shape index (κ1) is 21.7. The monoisotopic (exact) mass is 386 g/mol. The van der Waals surface area contributed by atoms with Crippen molar-refractivity contribution >= 4 is 22.0 Å². The highest BCUT2D eigenvalue weighted by atomic mass is 32.2. The van der Waals surface area contributed by atoms with E-state index < -0.39 is 22.0 Å². The van der Waals surface area contributed by atoms with Crippen LogP contribution in [0.25, 0.3) is 0 Å². The zero-order chi connectivity index (χ0) is 19.6. The predicted octanol–water partition coefficient (Wildman–Crippen LogP) is 0.0540. The molecular formula is C16H26N4O5S. The Labute approximate surface area is 153 Å². The Morgan fingerprint density at radius 1 is 1.23 bits per heavy atom. The van der Waals surface area contributed by atoms with Crippen molar-refractivity contribution in [1.29, 1.82) is 0 Å². The number of carboxylic acids is 1. The third-order valence-corrected chi connectivity index (χ3v) is 4.10. The highest BCUT2D eigenvalue weighted by Crippen LogP contribution is 2.14. The number of aliphatic imine (C=N–C) groups is 1.